The van der Waals surface area contributed by atoms with Gasteiger partial charge in [0.15, 0.2) is 0 Å². The van der Waals surface area contributed by atoms with E-state index in [2.05, 4.69) is 61.1 Å². The summed E-state index contributed by atoms with van der Waals surface area (Å²) in [5, 5.41) is 2.10. The second-order valence-corrected chi connectivity index (χ2v) is 10.1. The maximum atomic E-state index is 2.34. The molecule has 0 unspecified atom stereocenters. The Kier molecular flexibility index (Phi) is 3.69. The minimum absolute atomic E-state index is 1.01. The zero-order valence-corrected chi connectivity index (χ0v) is 10.3. The van der Waals surface area contributed by atoms with Crippen molar-refractivity contribution in [2.45, 2.75) is 19.6 Å². The molecule has 0 aromatic carbocycles. The number of allylic oxidation sites excluding steroid dienone is 2. The van der Waals surface area contributed by atoms with Gasteiger partial charge in [-0.1, -0.05) is 43.6 Å². The first-order chi connectivity index (χ1) is 6.08. The van der Waals surface area contributed by atoms with Crippen LogP contribution in [0.25, 0.3) is 6.08 Å². The quantitative estimate of drug-likeness (QED) is 0.516. The number of hydrogen-bond donors (Lipinski definition) is 0. The Hall–Kier alpha value is -0.603. The lowest BCUT2D eigenvalue weighted by Gasteiger charge is -2.06. The van der Waals surface area contributed by atoms with E-state index in [9.17, 15) is 0 Å². The van der Waals surface area contributed by atoms with E-state index in [1.54, 1.807) is 11.3 Å². The highest BCUT2D eigenvalue weighted by Gasteiger charge is 2.05. The van der Waals surface area contributed by atoms with Gasteiger partial charge in [-0.3, -0.25) is 0 Å². The Bertz CT molecular complexity index is 288. The lowest BCUT2D eigenvalue weighted by molar-refractivity contribution is 1.76. The highest BCUT2D eigenvalue weighted by atomic mass is 32.1. The minimum Gasteiger partial charge on any atom is -0.144 e. The van der Waals surface area contributed by atoms with Crippen LogP contribution in [-0.4, -0.2) is 8.07 Å². The molecule has 13 heavy (non-hydrogen) atoms. The van der Waals surface area contributed by atoms with Crippen molar-refractivity contribution >= 4 is 25.5 Å². The Morgan fingerprint density at radius 1 is 1.23 bits per heavy atom. The molecule has 0 radical (unpaired) electrons. The molecule has 1 aromatic heterocycles. The van der Waals surface area contributed by atoms with Crippen molar-refractivity contribution in [3.8, 4) is 0 Å². The molecule has 0 atom stereocenters. The number of hydrogen-bond acceptors (Lipinski definition) is 1. The molecule has 0 N–H and O–H groups in total. The zero-order chi connectivity index (χ0) is 9.73. The van der Waals surface area contributed by atoms with Gasteiger partial charge >= 0.3 is 0 Å². The van der Waals surface area contributed by atoms with Crippen LogP contribution in [0.3, 0.4) is 0 Å². The van der Waals surface area contributed by atoms with Crippen molar-refractivity contribution in [3.05, 3.63) is 40.2 Å². The summed E-state index contributed by atoms with van der Waals surface area (Å²) in [6.07, 6.45) is 6.46. The minimum atomic E-state index is -1.01. The van der Waals surface area contributed by atoms with E-state index >= 15 is 0 Å². The normalized spacial score (nSPS) is 13.2. The van der Waals surface area contributed by atoms with Crippen LogP contribution in [0.5, 0.6) is 0 Å². The van der Waals surface area contributed by atoms with Crippen molar-refractivity contribution in [2.24, 2.45) is 0 Å². The summed E-state index contributed by atoms with van der Waals surface area (Å²) in [5.41, 5.74) is 2.34. The van der Waals surface area contributed by atoms with Crippen LogP contribution in [0.15, 0.2) is 35.4 Å². The Balaban J connectivity index is 2.47. The first kappa shape index (κ1) is 10.5. The SMILES string of the molecule is C[Si](C)(C)/C=C/C=C/c1cccs1. The second kappa shape index (κ2) is 4.58. The fourth-order valence-corrected chi connectivity index (χ4v) is 2.20. The topological polar surface area (TPSA) is 0 Å². The standard InChI is InChI=1S/C11H16SSi/c1-13(2,3)10-5-4-7-11-8-6-9-12-11/h4-10H,1-3H3/b7-4+,10-5+. The monoisotopic (exact) mass is 208 g/mol. The van der Waals surface area contributed by atoms with Gasteiger partial charge in [-0.05, 0) is 17.5 Å². The number of rotatable bonds is 3. The molecule has 0 bridgehead atoms. The Labute approximate surface area is 85.6 Å². The van der Waals surface area contributed by atoms with E-state index < -0.39 is 8.07 Å². The first-order valence-electron chi connectivity index (χ1n) is 4.47. The van der Waals surface area contributed by atoms with Crippen molar-refractivity contribution < 1.29 is 0 Å². The summed E-state index contributed by atoms with van der Waals surface area (Å²) in [6.45, 7) is 7.01. The van der Waals surface area contributed by atoms with E-state index in [1.165, 1.54) is 4.88 Å². The smallest absolute Gasteiger partial charge is 0.0687 e. The molecule has 0 amide bonds. The molecule has 0 spiro atoms. The predicted octanol–water partition coefficient (Wildman–Crippen LogP) is 4.19. The second-order valence-electron chi connectivity index (χ2n) is 4.10. The lowest BCUT2D eigenvalue weighted by atomic mass is 10.4. The van der Waals surface area contributed by atoms with Crippen molar-refractivity contribution in [1.82, 2.24) is 0 Å². The summed E-state index contributed by atoms with van der Waals surface area (Å²) >= 11 is 1.77. The van der Waals surface area contributed by atoms with Crippen LogP contribution >= 0.6 is 11.3 Å². The largest absolute Gasteiger partial charge is 0.144 e. The molecule has 1 aromatic rings. The van der Waals surface area contributed by atoms with Crippen LogP contribution in [0.2, 0.25) is 19.6 Å². The van der Waals surface area contributed by atoms with E-state index in [0.717, 1.165) is 0 Å². The summed E-state index contributed by atoms with van der Waals surface area (Å²) in [5.74, 6) is 0. The third-order valence-corrected chi connectivity index (χ3v) is 3.54. The van der Waals surface area contributed by atoms with Gasteiger partial charge in [0, 0.05) is 4.88 Å². The Morgan fingerprint density at radius 3 is 2.54 bits per heavy atom. The van der Waals surface area contributed by atoms with Crippen molar-refractivity contribution in [1.29, 1.82) is 0 Å². The molecule has 1 rings (SSSR count). The molecular formula is C11H16SSi. The van der Waals surface area contributed by atoms with Crippen LogP contribution in [0, 0.1) is 0 Å². The maximum Gasteiger partial charge on any atom is 0.0687 e. The van der Waals surface area contributed by atoms with E-state index in [4.69, 9.17) is 0 Å². The summed E-state index contributed by atoms with van der Waals surface area (Å²) in [7, 11) is -1.01. The van der Waals surface area contributed by atoms with Crippen LogP contribution in [0.4, 0.5) is 0 Å². The average Bonchev–Trinajstić information content (AvgIpc) is 2.48. The highest BCUT2D eigenvalue weighted by Crippen LogP contribution is 2.10. The fourth-order valence-electron chi connectivity index (χ4n) is 0.881. The molecule has 0 nitrogen and oxygen atoms in total. The molecule has 70 valence electrons. The van der Waals surface area contributed by atoms with Gasteiger partial charge in [-0.15, -0.1) is 11.3 Å². The van der Waals surface area contributed by atoms with Crippen LogP contribution in [-0.2, 0) is 0 Å². The molecule has 0 fully saturated rings. The van der Waals surface area contributed by atoms with Crippen molar-refractivity contribution in [2.75, 3.05) is 0 Å². The molecule has 2 heteroatoms. The van der Waals surface area contributed by atoms with Gasteiger partial charge in [0.05, 0.1) is 8.07 Å². The van der Waals surface area contributed by atoms with Gasteiger partial charge in [0.2, 0.25) is 0 Å². The molecule has 0 aliphatic carbocycles. The number of thiophene rings is 1. The lowest BCUT2D eigenvalue weighted by Crippen LogP contribution is -2.14. The third-order valence-electron chi connectivity index (χ3n) is 1.51. The molecule has 0 saturated heterocycles. The molecule has 1 heterocycles. The van der Waals surface area contributed by atoms with Crippen LogP contribution in [0.1, 0.15) is 4.88 Å². The van der Waals surface area contributed by atoms with Gasteiger partial charge in [-0.25, -0.2) is 0 Å². The first-order valence-corrected chi connectivity index (χ1v) is 8.93. The average molecular weight is 208 g/mol. The molecular weight excluding hydrogens is 192 g/mol. The van der Waals surface area contributed by atoms with Gasteiger partial charge in [0.1, 0.15) is 0 Å². The van der Waals surface area contributed by atoms with E-state index in [0.29, 0.717) is 0 Å². The maximum absolute atomic E-state index is 2.34. The Morgan fingerprint density at radius 2 is 2.00 bits per heavy atom. The highest BCUT2D eigenvalue weighted by molar-refractivity contribution is 7.10. The van der Waals surface area contributed by atoms with Gasteiger partial charge in [-0.2, -0.15) is 0 Å². The van der Waals surface area contributed by atoms with Gasteiger partial charge in [0.25, 0.3) is 0 Å². The van der Waals surface area contributed by atoms with E-state index in [-0.39, 0.29) is 0 Å². The molecule has 0 saturated carbocycles. The van der Waals surface area contributed by atoms with Crippen molar-refractivity contribution in [3.63, 3.8) is 0 Å². The third kappa shape index (κ3) is 4.86. The van der Waals surface area contributed by atoms with E-state index in [1.807, 2.05) is 0 Å². The summed E-state index contributed by atoms with van der Waals surface area (Å²) < 4.78 is 0. The summed E-state index contributed by atoms with van der Waals surface area (Å²) in [4.78, 5) is 1.32. The molecule has 0 aliphatic rings. The zero-order valence-electron chi connectivity index (χ0n) is 8.45. The fraction of sp³-hybridized carbons (Fsp3) is 0.273. The van der Waals surface area contributed by atoms with Gasteiger partial charge < -0.3 is 0 Å². The summed E-state index contributed by atoms with van der Waals surface area (Å²) in [6, 6.07) is 4.20. The molecule has 0 aliphatic heterocycles. The predicted molar refractivity (Wildman–Crippen MR) is 65.8 cm³/mol. The van der Waals surface area contributed by atoms with Crippen LogP contribution < -0.4 is 0 Å².